The number of benzene rings is 2. The quantitative estimate of drug-likeness (QED) is 0.742. The van der Waals surface area contributed by atoms with E-state index in [1.807, 2.05) is 30.0 Å². The lowest BCUT2D eigenvalue weighted by Gasteiger charge is -2.43. The van der Waals surface area contributed by atoms with Crippen molar-refractivity contribution in [3.05, 3.63) is 71.3 Å². The van der Waals surface area contributed by atoms with Gasteiger partial charge < -0.3 is 10.1 Å². The molecule has 5 nitrogen and oxygen atoms in total. The predicted molar refractivity (Wildman–Crippen MR) is 116 cm³/mol. The number of amides is 1. The van der Waals surface area contributed by atoms with Crippen molar-refractivity contribution in [2.24, 2.45) is 0 Å². The molecule has 0 radical (unpaired) electrons. The van der Waals surface area contributed by atoms with Crippen LogP contribution in [0.1, 0.15) is 32.7 Å². The van der Waals surface area contributed by atoms with Crippen LogP contribution in [0.5, 0.6) is 0 Å². The largest absolute Gasteiger partial charge is 0.379 e. The van der Waals surface area contributed by atoms with E-state index in [0.29, 0.717) is 23.2 Å². The number of morpholine rings is 1. The minimum atomic E-state index is -0.186. The van der Waals surface area contributed by atoms with E-state index in [-0.39, 0.29) is 17.2 Å². The van der Waals surface area contributed by atoms with E-state index in [2.05, 4.69) is 10.2 Å². The summed E-state index contributed by atoms with van der Waals surface area (Å²) in [6.07, 6.45) is 1.06. The second-order valence-corrected chi connectivity index (χ2v) is 8.65. The van der Waals surface area contributed by atoms with Gasteiger partial charge in [0.1, 0.15) is 0 Å². The fourth-order valence-electron chi connectivity index (χ4n) is 4.10. The minimum absolute atomic E-state index is 0.0253. The molecule has 2 aliphatic rings. The normalized spacial score (nSPS) is 22.3. The monoisotopic (exact) mass is 410 g/mol. The Hall–Kier alpha value is -2.15. The van der Waals surface area contributed by atoms with Gasteiger partial charge in [0.2, 0.25) is 0 Å². The smallest absolute Gasteiger partial charge is 0.252 e. The number of thioether (sulfide) groups is 1. The van der Waals surface area contributed by atoms with E-state index in [1.165, 1.54) is 0 Å². The van der Waals surface area contributed by atoms with Crippen LogP contribution in [0.3, 0.4) is 0 Å². The molecule has 0 aromatic heterocycles. The van der Waals surface area contributed by atoms with Crippen LogP contribution in [0.25, 0.3) is 0 Å². The fourth-order valence-corrected chi connectivity index (χ4v) is 5.58. The van der Waals surface area contributed by atoms with Crippen LogP contribution in [-0.2, 0) is 4.74 Å². The molecule has 2 aromatic carbocycles. The lowest BCUT2D eigenvalue weighted by molar-refractivity contribution is -0.0129. The molecule has 1 atom stereocenters. The van der Waals surface area contributed by atoms with Crippen LogP contribution in [0, 0.1) is 0 Å². The maximum Gasteiger partial charge on any atom is 0.252 e. The first-order valence-electron chi connectivity index (χ1n) is 10.1. The molecule has 2 aromatic rings. The maximum atomic E-state index is 13.1. The Morgan fingerprint density at radius 2 is 1.69 bits per heavy atom. The number of ketones is 1. The zero-order chi connectivity index (χ0) is 20.1. The van der Waals surface area contributed by atoms with Gasteiger partial charge in [-0.15, -0.1) is 0 Å². The van der Waals surface area contributed by atoms with Gasteiger partial charge in [-0.1, -0.05) is 48.5 Å². The Morgan fingerprint density at radius 1 is 1.00 bits per heavy atom. The van der Waals surface area contributed by atoms with Crippen LogP contribution in [0.4, 0.5) is 0 Å². The average Bonchev–Trinajstić information content (AvgIpc) is 3.28. The fraction of sp³-hybridized carbons (Fsp3) is 0.391. The van der Waals surface area contributed by atoms with Crippen molar-refractivity contribution >= 4 is 23.5 Å². The van der Waals surface area contributed by atoms with E-state index in [0.717, 1.165) is 44.2 Å². The highest BCUT2D eigenvalue weighted by Crippen LogP contribution is 2.33. The van der Waals surface area contributed by atoms with E-state index >= 15 is 0 Å². The van der Waals surface area contributed by atoms with Gasteiger partial charge in [0.15, 0.2) is 5.78 Å². The van der Waals surface area contributed by atoms with Crippen LogP contribution < -0.4 is 5.32 Å². The predicted octanol–water partition coefficient (Wildman–Crippen LogP) is 2.86. The van der Waals surface area contributed by atoms with Crippen molar-refractivity contribution in [2.45, 2.75) is 12.0 Å². The highest BCUT2D eigenvalue weighted by molar-refractivity contribution is 7.99. The van der Waals surface area contributed by atoms with Crippen LogP contribution >= 0.6 is 11.8 Å². The molecule has 0 bridgehead atoms. The summed E-state index contributed by atoms with van der Waals surface area (Å²) in [5.41, 5.74) is 1.44. The molecule has 2 saturated heterocycles. The van der Waals surface area contributed by atoms with Crippen molar-refractivity contribution in [3.8, 4) is 0 Å². The van der Waals surface area contributed by atoms with E-state index < -0.39 is 0 Å². The molecule has 1 N–H and O–H groups in total. The number of ether oxygens (including phenoxy) is 1. The molecule has 2 heterocycles. The van der Waals surface area contributed by atoms with Gasteiger partial charge >= 0.3 is 0 Å². The molecule has 4 rings (SSSR count). The molecule has 1 unspecified atom stereocenters. The molecule has 29 heavy (non-hydrogen) atoms. The molecule has 1 amide bonds. The van der Waals surface area contributed by atoms with Crippen molar-refractivity contribution in [2.75, 3.05) is 44.4 Å². The third-order valence-corrected chi connectivity index (χ3v) is 7.03. The Kier molecular flexibility index (Phi) is 6.33. The first-order chi connectivity index (χ1) is 14.2. The Bertz CT molecular complexity index is 859. The molecule has 6 heteroatoms. The summed E-state index contributed by atoms with van der Waals surface area (Å²) in [6, 6.07) is 16.2. The van der Waals surface area contributed by atoms with Gasteiger partial charge in [0, 0.05) is 42.1 Å². The summed E-state index contributed by atoms with van der Waals surface area (Å²) in [5, 5.41) is 3.14. The number of rotatable bonds is 6. The van der Waals surface area contributed by atoms with Gasteiger partial charge in [-0.05, 0) is 18.2 Å². The lowest BCUT2D eigenvalue weighted by atomic mass is 9.94. The minimum Gasteiger partial charge on any atom is -0.379 e. The summed E-state index contributed by atoms with van der Waals surface area (Å²) < 4.78 is 5.51. The van der Waals surface area contributed by atoms with Crippen LogP contribution in [-0.4, -0.2) is 66.5 Å². The Labute approximate surface area is 175 Å². The first kappa shape index (κ1) is 20.1. The lowest BCUT2D eigenvalue weighted by Crippen LogP contribution is -2.59. The number of carbonyl (C=O) groups is 2. The van der Waals surface area contributed by atoms with Gasteiger partial charge in [-0.3, -0.25) is 14.5 Å². The molecule has 2 fully saturated rings. The van der Waals surface area contributed by atoms with Crippen LogP contribution in [0.15, 0.2) is 54.6 Å². The summed E-state index contributed by atoms with van der Waals surface area (Å²) in [4.78, 5) is 28.5. The van der Waals surface area contributed by atoms with E-state index in [1.54, 1.807) is 36.4 Å². The van der Waals surface area contributed by atoms with Crippen molar-refractivity contribution in [1.82, 2.24) is 10.2 Å². The molecule has 0 aliphatic carbocycles. The standard InChI is InChI=1S/C23H26N2O3S/c26-21(18-6-2-1-3-7-18)19-8-4-5-9-20(19)22(27)24-16-23(10-15-29-17-23)25-11-13-28-14-12-25/h1-9H,10-17H2,(H,24,27). The first-order valence-corrected chi connectivity index (χ1v) is 11.2. The molecular weight excluding hydrogens is 384 g/mol. The second kappa shape index (κ2) is 9.11. The van der Waals surface area contributed by atoms with Gasteiger partial charge in [0.25, 0.3) is 5.91 Å². The second-order valence-electron chi connectivity index (χ2n) is 7.55. The third-order valence-electron chi connectivity index (χ3n) is 5.79. The SMILES string of the molecule is O=C(NCC1(N2CCOCC2)CCSC1)c1ccccc1C(=O)c1ccccc1. The van der Waals surface area contributed by atoms with E-state index in [9.17, 15) is 9.59 Å². The van der Waals surface area contributed by atoms with Gasteiger partial charge in [0.05, 0.1) is 18.8 Å². The highest BCUT2D eigenvalue weighted by atomic mass is 32.2. The molecule has 2 aliphatic heterocycles. The van der Waals surface area contributed by atoms with Crippen molar-refractivity contribution in [3.63, 3.8) is 0 Å². The summed E-state index contributed by atoms with van der Waals surface area (Å²) >= 11 is 1.94. The van der Waals surface area contributed by atoms with Crippen LogP contribution in [0.2, 0.25) is 0 Å². The molecular formula is C23H26N2O3S. The van der Waals surface area contributed by atoms with Crippen molar-refractivity contribution in [1.29, 1.82) is 0 Å². The van der Waals surface area contributed by atoms with Gasteiger partial charge in [-0.25, -0.2) is 0 Å². The van der Waals surface area contributed by atoms with Crippen molar-refractivity contribution < 1.29 is 14.3 Å². The maximum absolute atomic E-state index is 13.1. The zero-order valence-electron chi connectivity index (χ0n) is 16.4. The number of hydrogen-bond donors (Lipinski definition) is 1. The molecule has 0 spiro atoms. The zero-order valence-corrected chi connectivity index (χ0v) is 17.2. The number of hydrogen-bond acceptors (Lipinski definition) is 5. The third kappa shape index (κ3) is 4.39. The topological polar surface area (TPSA) is 58.6 Å². The molecule has 152 valence electrons. The Balaban J connectivity index is 1.51. The van der Waals surface area contributed by atoms with E-state index in [4.69, 9.17) is 4.74 Å². The average molecular weight is 411 g/mol. The number of nitrogens with one attached hydrogen (secondary N) is 1. The highest BCUT2D eigenvalue weighted by Gasteiger charge is 2.41. The summed E-state index contributed by atoms with van der Waals surface area (Å²) in [6.45, 7) is 3.88. The molecule has 0 saturated carbocycles. The number of carbonyl (C=O) groups excluding carboxylic acids is 2. The van der Waals surface area contributed by atoms with Gasteiger partial charge in [-0.2, -0.15) is 11.8 Å². The Morgan fingerprint density at radius 3 is 2.38 bits per heavy atom. The summed E-state index contributed by atoms with van der Waals surface area (Å²) in [5.74, 6) is 1.80. The summed E-state index contributed by atoms with van der Waals surface area (Å²) in [7, 11) is 0. The number of nitrogens with zero attached hydrogens (tertiary/aromatic N) is 1.